The Kier molecular flexibility index (Phi) is 4.26. The van der Waals surface area contributed by atoms with Gasteiger partial charge in [0, 0.05) is 23.3 Å². The molecule has 2 aromatic rings. The third-order valence-corrected chi connectivity index (χ3v) is 2.90. The number of hydrogen-bond acceptors (Lipinski definition) is 1. The highest BCUT2D eigenvalue weighted by Gasteiger charge is 2.16. The summed E-state index contributed by atoms with van der Waals surface area (Å²) in [6.07, 6.45) is 0. The van der Waals surface area contributed by atoms with Crippen molar-refractivity contribution in [2.45, 2.75) is 13.0 Å². The Hall–Kier alpha value is -2.37. The predicted molar refractivity (Wildman–Crippen MR) is 68.6 cm³/mol. The molecule has 0 spiro atoms. The minimum Gasteiger partial charge on any atom is -0.345 e. The van der Waals surface area contributed by atoms with Crippen LogP contribution in [-0.4, -0.2) is 5.91 Å². The van der Waals surface area contributed by atoms with Crippen LogP contribution in [0, 0.1) is 23.3 Å². The molecule has 110 valence electrons. The van der Waals surface area contributed by atoms with Crippen LogP contribution >= 0.6 is 0 Å². The summed E-state index contributed by atoms with van der Waals surface area (Å²) in [6, 6.07) is 4.53. The Bertz CT molecular complexity index is 667. The maximum absolute atomic E-state index is 13.6. The maximum Gasteiger partial charge on any atom is 0.251 e. The molecule has 0 saturated carbocycles. The standard InChI is InChI=1S/C15H11F4NO/c1-8(13-3-2-10(16)7-14(13)19)20-15(21)9-4-11(17)6-12(18)5-9/h2-8H,1H3,(H,20,21)/t8-/m1/s1. The third kappa shape index (κ3) is 3.59. The van der Waals surface area contributed by atoms with Gasteiger partial charge in [-0.25, -0.2) is 17.6 Å². The van der Waals surface area contributed by atoms with Gasteiger partial charge in [0.2, 0.25) is 0 Å². The molecule has 2 nitrogen and oxygen atoms in total. The lowest BCUT2D eigenvalue weighted by molar-refractivity contribution is 0.0938. The first-order valence-corrected chi connectivity index (χ1v) is 6.08. The number of amides is 1. The number of nitrogens with one attached hydrogen (secondary N) is 1. The number of carbonyl (C=O) groups is 1. The molecule has 0 radical (unpaired) electrons. The molecule has 0 aliphatic heterocycles. The van der Waals surface area contributed by atoms with Gasteiger partial charge >= 0.3 is 0 Å². The summed E-state index contributed by atoms with van der Waals surface area (Å²) >= 11 is 0. The molecule has 0 aromatic heterocycles. The molecule has 1 N–H and O–H groups in total. The normalized spacial score (nSPS) is 12.0. The third-order valence-electron chi connectivity index (χ3n) is 2.90. The van der Waals surface area contributed by atoms with Gasteiger partial charge in [-0.1, -0.05) is 6.07 Å². The van der Waals surface area contributed by atoms with E-state index in [1.165, 1.54) is 13.0 Å². The first-order valence-electron chi connectivity index (χ1n) is 6.08. The fourth-order valence-corrected chi connectivity index (χ4v) is 1.90. The van der Waals surface area contributed by atoms with E-state index in [2.05, 4.69) is 5.32 Å². The molecule has 2 aromatic carbocycles. The Balaban J connectivity index is 2.18. The first-order chi connectivity index (χ1) is 9.86. The lowest BCUT2D eigenvalue weighted by Crippen LogP contribution is -2.27. The second kappa shape index (κ2) is 5.95. The second-order valence-corrected chi connectivity index (χ2v) is 4.52. The zero-order valence-corrected chi connectivity index (χ0v) is 11.0. The van der Waals surface area contributed by atoms with E-state index in [4.69, 9.17) is 0 Å². The van der Waals surface area contributed by atoms with Gasteiger partial charge in [-0.05, 0) is 25.1 Å². The molecule has 1 amide bonds. The van der Waals surface area contributed by atoms with E-state index in [9.17, 15) is 22.4 Å². The summed E-state index contributed by atoms with van der Waals surface area (Å²) < 4.78 is 52.5. The molecule has 0 bridgehead atoms. The van der Waals surface area contributed by atoms with Gasteiger partial charge in [0.05, 0.1) is 6.04 Å². The Morgan fingerprint density at radius 2 is 1.57 bits per heavy atom. The van der Waals surface area contributed by atoms with Crippen molar-refractivity contribution in [1.29, 1.82) is 0 Å². The molecule has 0 aliphatic rings. The molecule has 0 saturated heterocycles. The number of benzene rings is 2. The highest BCUT2D eigenvalue weighted by Crippen LogP contribution is 2.18. The number of hydrogen-bond donors (Lipinski definition) is 1. The van der Waals surface area contributed by atoms with Gasteiger partial charge < -0.3 is 5.32 Å². The monoisotopic (exact) mass is 297 g/mol. The Morgan fingerprint density at radius 1 is 0.952 bits per heavy atom. The largest absolute Gasteiger partial charge is 0.345 e. The topological polar surface area (TPSA) is 29.1 Å². The fraction of sp³-hybridized carbons (Fsp3) is 0.133. The van der Waals surface area contributed by atoms with Crippen LogP contribution in [-0.2, 0) is 0 Å². The molecular weight excluding hydrogens is 286 g/mol. The van der Waals surface area contributed by atoms with Gasteiger partial charge in [-0.3, -0.25) is 4.79 Å². The first kappa shape index (κ1) is 15.0. The van der Waals surface area contributed by atoms with Crippen LogP contribution < -0.4 is 5.32 Å². The highest BCUT2D eigenvalue weighted by molar-refractivity contribution is 5.94. The quantitative estimate of drug-likeness (QED) is 0.859. The van der Waals surface area contributed by atoms with Crippen LogP contribution in [0.4, 0.5) is 17.6 Å². The SMILES string of the molecule is C[C@@H](NC(=O)c1cc(F)cc(F)c1)c1ccc(F)cc1F. The summed E-state index contributed by atoms with van der Waals surface area (Å²) in [5, 5.41) is 2.39. The van der Waals surface area contributed by atoms with E-state index < -0.39 is 35.2 Å². The summed E-state index contributed by atoms with van der Waals surface area (Å²) in [6.45, 7) is 1.48. The second-order valence-electron chi connectivity index (χ2n) is 4.52. The van der Waals surface area contributed by atoms with Crippen LogP contribution in [0.5, 0.6) is 0 Å². The molecule has 0 unspecified atom stereocenters. The van der Waals surface area contributed by atoms with Crippen LogP contribution in [0.1, 0.15) is 28.9 Å². The minimum atomic E-state index is -0.888. The van der Waals surface area contributed by atoms with Crippen molar-refractivity contribution in [3.63, 3.8) is 0 Å². The fourth-order valence-electron chi connectivity index (χ4n) is 1.90. The Morgan fingerprint density at radius 3 is 2.14 bits per heavy atom. The Labute approximate surface area is 118 Å². The van der Waals surface area contributed by atoms with Crippen molar-refractivity contribution in [3.8, 4) is 0 Å². The molecule has 21 heavy (non-hydrogen) atoms. The summed E-state index contributed by atoms with van der Waals surface area (Å²) in [4.78, 5) is 11.9. The predicted octanol–water partition coefficient (Wildman–Crippen LogP) is 3.73. The zero-order valence-electron chi connectivity index (χ0n) is 11.0. The van der Waals surface area contributed by atoms with Crippen molar-refractivity contribution < 1.29 is 22.4 Å². The summed E-state index contributed by atoms with van der Waals surface area (Å²) in [7, 11) is 0. The summed E-state index contributed by atoms with van der Waals surface area (Å²) in [5.41, 5.74) is -0.150. The van der Waals surface area contributed by atoms with Gasteiger partial charge in [-0.2, -0.15) is 0 Å². The molecule has 2 rings (SSSR count). The molecule has 0 aliphatic carbocycles. The van der Waals surface area contributed by atoms with Gasteiger partial charge in [0.1, 0.15) is 23.3 Å². The van der Waals surface area contributed by atoms with Crippen molar-refractivity contribution in [2.24, 2.45) is 0 Å². The smallest absolute Gasteiger partial charge is 0.251 e. The molecule has 6 heteroatoms. The van der Waals surface area contributed by atoms with Crippen LogP contribution in [0.25, 0.3) is 0 Å². The van der Waals surface area contributed by atoms with Gasteiger partial charge in [0.25, 0.3) is 5.91 Å². The van der Waals surface area contributed by atoms with E-state index in [0.29, 0.717) is 12.1 Å². The minimum absolute atomic E-state index is 0.0709. The van der Waals surface area contributed by atoms with E-state index >= 15 is 0 Å². The van der Waals surface area contributed by atoms with Gasteiger partial charge in [-0.15, -0.1) is 0 Å². The van der Waals surface area contributed by atoms with Gasteiger partial charge in [0.15, 0.2) is 0 Å². The molecule has 1 atom stereocenters. The lowest BCUT2D eigenvalue weighted by Gasteiger charge is -2.15. The van der Waals surface area contributed by atoms with Crippen LogP contribution in [0.2, 0.25) is 0 Å². The number of rotatable bonds is 3. The van der Waals surface area contributed by atoms with E-state index in [1.54, 1.807) is 0 Å². The average Bonchev–Trinajstić information content (AvgIpc) is 2.37. The number of halogens is 4. The van der Waals surface area contributed by atoms with E-state index in [0.717, 1.165) is 18.2 Å². The van der Waals surface area contributed by atoms with Crippen molar-refractivity contribution >= 4 is 5.91 Å². The van der Waals surface area contributed by atoms with Crippen molar-refractivity contribution in [1.82, 2.24) is 5.32 Å². The number of carbonyl (C=O) groups excluding carboxylic acids is 1. The summed E-state index contributed by atoms with van der Waals surface area (Å²) in [5.74, 6) is -4.08. The van der Waals surface area contributed by atoms with E-state index in [-0.39, 0.29) is 11.1 Å². The van der Waals surface area contributed by atoms with Crippen LogP contribution in [0.15, 0.2) is 36.4 Å². The van der Waals surface area contributed by atoms with Crippen molar-refractivity contribution in [2.75, 3.05) is 0 Å². The average molecular weight is 297 g/mol. The van der Waals surface area contributed by atoms with Crippen LogP contribution in [0.3, 0.4) is 0 Å². The zero-order chi connectivity index (χ0) is 15.6. The van der Waals surface area contributed by atoms with Crippen molar-refractivity contribution in [3.05, 3.63) is 70.8 Å². The molecule has 0 fully saturated rings. The molecular formula is C15H11F4NO. The highest BCUT2D eigenvalue weighted by atomic mass is 19.1. The van der Waals surface area contributed by atoms with E-state index in [1.807, 2.05) is 0 Å². The lowest BCUT2D eigenvalue weighted by atomic mass is 10.1. The molecule has 0 heterocycles. The maximum atomic E-state index is 13.6.